The van der Waals surface area contributed by atoms with Gasteiger partial charge in [0.05, 0.1) is 33.1 Å². The maximum absolute atomic E-state index is 12.9. The molecule has 1 amide bonds. The first kappa shape index (κ1) is 17.7. The summed E-state index contributed by atoms with van der Waals surface area (Å²) in [6, 6.07) is 13.4. The molecule has 2 heterocycles. The molecule has 0 atom stereocenters. The number of anilines is 1. The smallest absolute Gasteiger partial charge is 0.254 e. The summed E-state index contributed by atoms with van der Waals surface area (Å²) in [6.45, 7) is 6.74. The molecule has 0 N–H and O–H groups in total. The van der Waals surface area contributed by atoms with E-state index < -0.39 is 0 Å². The number of amides is 1. The molecule has 0 bridgehead atoms. The zero-order valence-electron chi connectivity index (χ0n) is 15.4. The van der Waals surface area contributed by atoms with E-state index in [2.05, 4.69) is 14.9 Å². The first-order valence-corrected chi connectivity index (χ1v) is 9.44. The number of carbonyl (C=O) groups excluding carboxylic acids is 1. The van der Waals surface area contributed by atoms with Crippen molar-refractivity contribution < 1.29 is 4.79 Å². The third-order valence-corrected chi connectivity index (χ3v) is 5.40. The average molecular weight is 381 g/mol. The van der Waals surface area contributed by atoms with Crippen molar-refractivity contribution in [1.82, 2.24) is 14.9 Å². The fourth-order valence-corrected chi connectivity index (χ4v) is 3.66. The Balaban J connectivity index is 1.50. The van der Waals surface area contributed by atoms with E-state index in [0.717, 1.165) is 46.2 Å². The van der Waals surface area contributed by atoms with Gasteiger partial charge in [0.1, 0.15) is 0 Å². The third kappa shape index (κ3) is 3.47. The minimum absolute atomic E-state index is 0.0377. The molecular formula is C21H21ClN4O. The Morgan fingerprint density at radius 3 is 2.30 bits per heavy atom. The molecule has 1 aromatic heterocycles. The fourth-order valence-electron chi connectivity index (χ4n) is 3.40. The second-order valence-corrected chi connectivity index (χ2v) is 7.24. The first-order chi connectivity index (χ1) is 13.0. The van der Waals surface area contributed by atoms with Gasteiger partial charge in [-0.3, -0.25) is 4.79 Å². The Labute approximate surface area is 163 Å². The zero-order chi connectivity index (χ0) is 19.0. The summed E-state index contributed by atoms with van der Waals surface area (Å²) in [4.78, 5) is 26.2. The van der Waals surface area contributed by atoms with Crippen LogP contribution < -0.4 is 4.90 Å². The largest absolute Gasteiger partial charge is 0.367 e. The summed E-state index contributed by atoms with van der Waals surface area (Å²) in [5, 5.41) is 0.746. The lowest BCUT2D eigenvalue weighted by Gasteiger charge is -2.36. The summed E-state index contributed by atoms with van der Waals surface area (Å²) in [5.74, 6) is 0.0377. The number of hydrogen-bond acceptors (Lipinski definition) is 4. The molecule has 27 heavy (non-hydrogen) atoms. The van der Waals surface area contributed by atoms with Crippen LogP contribution >= 0.6 is 11.6 Å². The normalized spacial score (nSPS) is 14.6. The van der Waals surface area contributed by atoms with Crippen LogP contribution in [0.1, 0.15) is 21.7 Å². The molecule has 0 aliphatic carbocycles. The lowest BCUT2D eigenvalue weighted by molar-refractivity contribution is 0.0747. The van der Waals surface area contributed by atoms with E-state index in [4.69, 9.17) is 11.6 Å². The number of carbonyl (C=O) groups is 1. The van der Waals surface area contributed by atoms with Crippen molar-refractivity contribution >= 4 is 34.2 Å². The molecule has 1 fully saturated rings. The van der Waals surface area contributed by atoms with Crippen LogP contribution in [0.25, 0.3) is 11.0 Å². The molecule has 0 saturated carbocycles. The van der Waals surface area contributed by atoms with Gasteiger partial charge in [-0.05, 0) is 44.2 Å². The zero-order valence-corrected chi connectivity index (χ0v) is 16.2. The summed E-state index contributed by atoms with van der Waals surface area (Å²) in [6.07, 6.45) is 0. The van der Waals surface area contributed by atoms with E-state index in [-0.39, 0.29) is 5.91 Å². The first-order valence-electron chi connectivity index (χ1n) is 9.07. The second kappa shape index (κ2) is 7.16. The van der Waals surface area contributed by atoms with Crippen molar-refractivity contribution in [3.8, 4) is 0 Å². The Hall–Kier alpha value is -2.66. The van der Waals surface area contributed by atoms with E-state index >= 15 is 0 Å². The van der Waals surface area contributed by atoms with Gasteiger partial charge < -0.3 is 9.80 Å². The number of fused-ring (bicyclic) bond motifs is 1. The van der Waals surface area contributed by atoms with Gasteiger partial charge in [-0.25, -0.2) is 9.97 Å². The highest BCUT2D eigenvalue weighted by atomic mass is 35.5. The molecule has 1 aliphatic heterocycles. The monoisotopic (exact) mass is 380 g/mol. The van der Waals surface area contributed by atoms with Gasteiger partial charge in [0.2, 0.25) is 0 Å². The molecule has 3 aromatic rings. The van der Waals surface area contributed by atoms with Crippen LogP contribution in [0.15, 0.2) is 42.5 Å². The minimum atomic E-state index is 0.0377. The van der Waals surface area contributed by atoms with Gasteiger partial charge in [0, 0.05) is 31.7 Å². The van der Waals surface area contributed by atoms with Gasteiger partial charge in [0.25, 0.3) is 5.91 Å². The van der Waals surface area contributed by atoms with E-state index in [1.807, 2.05) is 61.2 Å². The number of hydrogen-bond donors (Lipinski definition) is 0. The van der Waals surface area contributed by atoms with E-state index in [9.17, 15) is 4.79 Å². The average Bonchev–Trinajstić information content (AvgIpc) is 2.68. The number of para-hydroxylation sites is 1. The molecule has 6 heteroatoms. The number of aryl methyl sites for hydroxylation is 2. The summed E-state index contributed by atoms with van der Waals surface area (Å²) >= 11 is 6.30. The van der Waals surface area contributed by atoms with Crippen molar-refractivity contribution in [2.45, 2.75) is 13.8 Å². The van der Waals surface area contributed by atoms with Crippen molar-refractivity contribution in [2.24, 2.45) is 0 Å². The number of piperazine rings is 1. The SMILES string of the molecule is Cc1nc2ccc(C(=O)N3CCN(c4ccccc4Cl)CC3)cc2nc1C. The van der Waals surface area contributed by atoms with Crippen molar-refractivity contribution in [3.05, 3.63) is 64.4 Å². The van der Waals surface area contributed by atoms with Crippen LogP contribution in [0.4, 0.5) is 5.69 Å². The Morgan fingerprint density at radius 2 is 1.59 bits per heavy atom. The number of rotatable bonds is 2. The molecule has 0 unspecified atom stereocenters. The topological polar surface area (TPSA) is 49.3 Å². The fraction of sp³-hybridized carbons (Fsp3) is 0.286. The molecular weight excluding hydrogens is 360 g/mol. The van der Waals surface area contributed by atoms with Gasteiger partial charge in [-0.15, -0.1) is 0 Å². The Bertz CT molecular complexity index is 1010. The molecule has 4 rings (SSSR count). The molecule has 2 aromatic carbocycles. The molecule has 1 aliphatic rings. The molecule has 0 radical (unpaired) electrons. The Morgan fingerprint density at radius 1 is 0.926 bits per heavy atom. The summed E-state index contributed by atoms with van der Waals surface area (Å²) in [5.41, 5.74) is 5.07. The van der Waals surface area contributed by atoms with Crippen molar-refractivity contribution in [2.75, 3.05) is 31.1 Å². The maximum Gasteiger partial charge on any atom is 0.254 e. The van der Waals surface area contributed by atoms with Crippen LogP contribution in [0.3, 0.4) is 0 Å². The number of benzene rings is 2. The summed E-state index contributed by atoms with van der Waals surface area (Å²) in [7, 11) is 0. The number of aromatic nitrogens is 2. The molecule has 5 nitrogen and oxygen atoms in total. The molecule has 138 valence electrons. The van der Waals surface area contributed by atoms with Crippen LogP contribution in [-0.2, 0) is 0 Å². The van der Waals surface area contributed by atoms with Crippen LogP contribution in [0, 0.1) is 13.8 Å². The highest BCUT2D eigenvalue weighted by Crippen LogP contribution is 2.26. The Kier molecular flexibility index (Phi) is 4.70. The van der Waals surface area contributed by atoms with Gasteiger partial charge in [-0.1, -0.05) is 23.7 Å². The van der Waals surface area contributed by atoms with Crippen LogP contribution in [-0.4, -0.2) is 47.0 Å². The van der Waals surface area contributed by atoms with Gasteiger partial charge in [-0.2, -0.15) is 0 Å². The van der Waals surface area contributed by atoms with Crippen molar-refractivity contribution in [3.63, 3.8) is 0 Å². The van der Waals surface area contributed by atoms with E-state index in [0.29, 0.717) is 18.7 Å². The van der Waals surface area contributed by atoms with E-state index in [1.54, 1.807) is 0 Å². The molecule has 0 spiro atoms. The van der Waals surface area contributed by atoms with Crippen LogP contribution in [0.2, 0.25) is 5.02 Å². The summed E-state index contributed by atoms with van der Waals surface area (Å²) < 4.78 is 0. The van der Waals surface area contributed by atoms with Crippen LogP contribution in [0.5, 0.6) is 0 Å². The van der Waals surface area contributed by atoms with Crippen molar-refractivity contribution in [1.29, 1.82) is 0 Å². The lowest BCUT2D eigenvalue weighted by atomic mass is 10.1. The highest BCUT2D eigenvalue weighted by Gasteiger charge is 2.23. The quantitative estimate of drug-likeness (QED) is 0.677. The second-order valence-electron chi connectivity index (χ2n) is 6.83. The molecule has 1 saturated heterocycles. The number of halogens is 1. The maximum atomic E-state index is 12.9. The number of nitrogens with zero attached hydrogens (tertiary/aromatic N) is 4. The highest BCUT2D eigenvalue weighted by molar-refractivity contribution is 6.33. The third-order valence-electron chi connectivity index (χ3n) is 5.08. The van der Waals surface area contributed by atoms with Gasteiger partial charge >= 0.3 is 0 Å². The minimum Gasteiger partial charge on any atom is -0.367 e. The van der Waals surface area contributed by atoms with E-state index in [1.165, 1.54) is 0 Å². The lowest BCUT2D eigenvalue weighted by Crippen LogP contribution is -2.48. The predicted octanol–water partition coefficient (Wildman–Crippen LogP) is 3.86. The standard InChI is InChI=1S/C21H21ClN4O/c1-14-15(2)24-19-13-16(7-8-18(19)23-14)21(27)26-11-9-25(10-12-26)20-6-4-3-5-17(20)22/h3-8,13H,9-12H2,1-2H3. The predicted molar refractivity (Wildman–Crippen MR) is 109 cm³/mol. The van der Waals surface area contributed by atoms with Gasteiger partial charge in [0.15, 0.2) is 0 Å².